The van der Waals surface area contributed by atoms with Crippen LogP contribution in [0, 0.1) is 18.6 Å². The summed E-state index contributed by atoms with van der Waals surface area (Å²) in [5.41, 5.74) is 5.82. The lowest BCUT2D eigenvalue weighted by Crippen LogP contribution is -2.16. The molecule has 0 aromatic heterocycles. The van der Waals surface area contributed by atoms with Crippen LogP contribution in [-0.2, 0) is 10.0 Å². The van der Waals surface area contributed by atoms with E-state index in [9.17, 15) is 17.2 Å². The fourth-order valence-corrected chi connectivity index (χ4v) is 2.85. The molecular weight excluding hydrogens is 286 g/mol. The zero-order valence-electron chi connectivity index (χ0n) is 10.5. The van der Waals surface area contributed by atoms with Crippen molar-refractivity contribution in [3.05, 3.63) is 53.6 Å². The summed E-state index contributed by atoms with van der Waals surface area (Å²) in [4.78, 5) is -0.433. The van der Waals surface area contributed by atoms with Gasteiger partial charge in [0.05, 0.1) is 11.4 Å². The van der Waals surface area contributed by atoms with E-state index in [0.717, 1.165) is 18.2 Å². The van der Waals surface area contributed by atoms with E-state index in [4.69, 9.17) is 5.73 Å². The van der Waals surface area contributed by atoms with Crippen molar-refractivity contribution in [3.63, 3.8) is 0 Å². The average molecular weight is 298 g/mol. The van der Waals surface area contributed by atoms with Gasteiger partial charge in [-0.05, 0) is 42.8 Å². The highest BCUT2D eigenvalue weighted by atomic mass is 32.2. The van der Waals surface area contributed by atoms with Gasteiger partial charge in [0, 0.05) is 0 Å². The topological polar surface area (TPSA) is 72.2 Å². The molecule has 0 aliphatic carbocycles. The third-order valence-electron chi connectivity index (χ3n) is 2.63. The number of rotatable bonds is 3. The van der Waals surface area contributed by atoms with Gasteiger partial charge in [-0.3, -0.25) is 4.72 Å². The lowest BCUT2D eigenvalue weighted by molar-refractivity contribution is 0.594. The van der Waals surface area contributed by atoms with Crippen LogP contribution in [0.15, 0.2) is 41.3 Å². The summed E-state index contributed by atoms with van der Waals surface area (Å²) in [6.45, 7) is 1.67. The van der Waals surface area contributed by atoms with Crippen molar-refractivity contribution < 1.29 is 17.2 Å². The largest absolute Gasteiger partial charge is 0.398 e. The van der Waals surface area contributed by atoms with Crippen molar-refractivity contribution in [1.29, 1.82) is 0 Å². The van der Waals surface area contributed by atoms with Gasteiger partial charge in [0.15, 0.2) is 0 Å². The molecule has 2 aromatic carbocycles. The number of nitrogens with two attached hydrogens (primary N) is 1. The van der Waals surface area contributed by atoms with Crippen LogP contribution in [0.3, 0.4) is 0 Å². The van der Waals surface area contributed by atoms with Crippen molar-refractivity contribution in [2.75, 3.05) is 10.5 Å². The number of hydrogen-bond acceptors (Lipinski definition) is 3. The Balaban J connectivity index is 2.43. The van der Waals surface area contributed by atoms with Gasteiger partial charge in [-0.15, -0.1) is 0 Å². The van der Waals surface area contributed by atoms with E-state index < -0.39 is 26.6 Å². The Labute approximate surface area is 115 Å². The maximum atomic E-state index is 13.6. The second kappa shape index (κ2) is 5.09. The SMILES string of the molecule is Cc1ccc(NS(=O)(=O)c2cc(F)ccc2N)c(F)c1. The molecule has 0 aliphatic heterocycles. The van der Waals surface area contributed by atoms with E-state index in [1.54, 1.807) is 13.0 Å². The van der Waals surface area contributed by atoms with Gasteiger partial charge in [0.25, 0.3) is 10.0 Å². The molecule has 0 amide bonds. The molecule has 0 saturated carbocycles. The summed E-state index contributed by atoms with van der Waals surface area (Å²) in [6, 6.07) is 6.99. The van der Waals surface area contributed by atoms with Gasteiger partial charge in [-0.2, -0.15) is 0 Å². The van der Waals surface area contributed by atoms with Gasteiger partial charge < -0.3 is 5.73 Å². The molecule has 7 heteroatoms. The number of anilines is 2. The van der Waals surface area contributed by atoms with Crippen LogP contribution in [0.25, 0.3) is 0 Å². The first-order valence-electron chi connectivity index (χ1n) is 5.63. The predicted molar refractivity (Wildman–Crippen MR) is 72.8 cm³/mol. The normalized spacial score (nSPS) is 11.3. The highest BCUT2D eigenvalue weighted by Crippen LogP contribution is 2.24. The Morgan fingerprint density at radius 3 is 2.45 bits per heavy atom. The number of nitrogen functional groups attached to an aromatic ring is 1. The van der Waals surface area contributed by atoms with Crippen molar-refractivity contribution in [2.24, 2.45) is 0 Å². The molecule has 2 rings (SSSR count). The molecule has 0 unspecified atom stereocenters. The monoisotopic (exact) mass is 298 g/mol. The number of sulfonamides is 1. The first kappa shape index (κ1) is 14.3. The van der Waals surface area contributed by atoms with E-state index in [1.807, 2.05) is 4.72 Å². The minimum absolute atomic E-state index is 0.119. The fourth-order valence-electron chi connectivity index (χ4n) is 1.64. The van der Waals surface area contributed by atoms with Crippen LogP contribution in [0.5, 0.6) is 0 Å². The van der Waals surface area contributed by atoms with Crippen LogP contribution >= 0.6 is 0 Å². The smallest absolute Gasteiger partial charge is 0.264 e. The highest BCUT2D eigenvalue weighted by Gasteiger charge is 2.20. The molecule has 0 radical (unpaired) electrons. The first-order chi connectivity index (χ1) is 9.29. The number of aryl methyl sites for hydroxylation is 1. The van der Waals surface area contributed by atoms with E-state index in [1.165, 1.54) is 12.1 Å². The van der Waals surface area contributed by atoms with Crippen LogP contribution in [0.1, 0.15) is 5.56 Å². The Morgan fingerprint density at radius 2 is 1.80 bits per heavy atom. The third-order valence-corrected chi connectivity index (χ3v) is 4.06. The predicted octanol–water partition coefficient (Wildman–Crippen LogP) is 2.66. The van der Waals surface area contributed by atoms with Gasteiger partial charge in [-0.1, -0.05) is 6.07 Å². The van der Waals surface area contributed by atoms with E-state index in [2.05, 4.69) is 0 Å². The second-order valence-electron chi connectivity index (χ2n) is 4.27. The molecule has 20 heavy (non-hydrogen) atoms. The highest BCUT2D eigenvalue weighted by molar-refractivity contribution is 7.92. The minimum atomic E-state index is -4.16. The van der Waals surface area contributed by atoms with Crippen LogP contribution < -0.4 is 10.5 Å². The molecule has 106 valence electrons. The maximum Gasteiger partial charge on any atom is 0.264 e. The number of nitrogens with one attached hydrogen (secondary N) is 1. The average Bonchev–Trinajstić information content (AvgIpc) is 2.35. The lowest BCUT2D eigenvalue weighted by atomic mass is 10.2. The van der Waals surface area contributed by atoms with Crippen LogP contribution in [0.4, 0.5) is 20.2 Å². The summed E-state index contributed by atoms with van der Waals surface area (Å²) < 4.78 is 53.0. The third kappa shape index (κ3) is 2.88. The molecule has 0 aliphatic rings. The number of halogens is 2. The van der Waals surface area contributed by atoms with E-state index in [0.29, 0.717) is 5.56 Å². The Hall–Kier alpha value is -2.15. The van der Waals surface area contributed by atoms with Crippen molar-refractivity contribution >= 4 is 21.4 Å². The zero-order chi connectivity index (χ0) is 14.9. The van der Waals surface area contributed by atoms with Crippen molar-refractivity contribution in [3.8, 4) is 0 Å². The molecule has 4 nitrogen and oxygen atoms in total. The summed E-state index contributed by atoms with van der Waals surface area (Å²) in [5.74, 6) is -1.47. The quantitative estimate of drug-likeness (QED) is 0.856. The van der Waals surface area contributed by atoms with Crippen molar-refractivity contribution in [2.45, 2.75) is 11.8 Å². The minimum Gasteiger partial charge on any atom is -0.398 e. The van der Waals surface area contributed by atoms with Crippen LogP contribution in [-0.4, -0.2) is 8.42 Å². The standard InChI is InChI=1S/C13H12F2N2O2S/c1-8-2-5-12(10(15)6-8)17-20(18,19)13-7-9(14)3-4-11(13)16/h2-7,17H,16H2,1H3. The van der Waals surface area contributed by atoms with Gasteiger partial charge in [-0.25, -0.2) is 17.2 Å². The summed E-state index contributed by atoms with van der Waals surface area (Å²) >= 11 is 0. The lowest BCUT2D eigenvalue weighted by Gasteiger charge is -2.11. The van der Waals surface area contributed by atoms with Crippen molar-refractivity contribution in [1.82, 2.24) is 0 Å². The molecule has 0 saturated heterocycles. The van der Waals surface area contributed by atoms with E-state index in [-0.39, 0.29) is 11.4 Å². The summed E-state index contributed by atoms with van der Waals surface area (Å²) in [6.07, 6.45) is 0. The Bertz CT molecular complexity index is 761. The molecule has 2 aromatic rings. The number of benzene rings is 2. The number of hydrogen-bond donors (Lipinski definition) is 2. The van der Waals surface area contributed by atoms with Gasteiger partial charge in [0.2, 0.25) is 0 Å². The molecule has 3 N–H and O–H groups in total. The molecular formula is C13H12F2N2O2S. The molecule has 0 atom stereocenters. The fraction of sp³-hybridized carbons (Fsp3) is 0.0769. The maximum absolute atomic E-state index is 13.6. The first-order valence-corrected chi connectivity index (χ1v) is 7.12. The van der Waals surface area contributed by atoms with Gasteiger partial charge >= 0.3 is 0 Å². The van der Waals surface area contributed by atoms with Crippen LogP contribution in [0.2, 0.25) is 0 Å². The molecule has 0 heterocycles. The second-order valence-corrected chi connectivity index (χ2v) is 5.92. The molecule has 0 spiro atoms. The molecule has 0 fully saturated rings. The Morgan fingerprint density at radius 1 is 1.10 bits per heavy atom. The van der Waals surface area contributed by atoms with E-state index >= 15 is 0 Å². The Kier molecular flexibility index (Phi) is 3.63. The summed E-state index contributed by atoms with van der Waals surface area (Å²) in [5, 5.41) is 0. The zero-order valence-corrected chi connectivity index (χ0v) is 11.3. The van der Waals surface area contributed by atoms with Gasteiger partial charge in [0.1, 0.15) is 16.5 Å². The summed E-state index contributed by atoms with van der Waals surface area (Å²) in [7, 11) is -4.16. The molecule has 0 bridgehead atoms.